The highest BCUT2D eigenvalue weighted by Gasteiger charge is 2.34. The summed E-state index contributed by atoms with van der Waals surface area (Å²) in [6.07, 6.45) is 0.604. The molecule has 7 nitrogen and oxygen atoms in total. The van der Waals surface area contributed by atoms with E-state index in [-0.39, 0.29) is 50.0 Å². The molecule has 0 bridgehead atoms. The molecule has 30 heavy (non-hydrogen) atoms. The Kier molecular flexibility index (Phi) is 8.71. The number of carbonyl (C=O) groups excluding carboxylic acids is 3. The fraction of sp³-hybridized carbons (Fsp3) is 0.571. The van der Waals surface area contributed by atoms with Crippen LogP contribution >= 0.6 is 0 Å². The number of rotatable bonds is 10. The first-order valence-corrected chi connectivity index (χ1v) is 9.91. The number of amides is 2. The molecule has 1 N–H and O–H groups in total. The van der Waals surface area contributed by atoms with Crippen LogP contribution in [0.1, 0.15) is 38.7 Å². The Labute approximate surface area is 174 Å². The number of methoxy groups -OCH3 is 1. The van der Waals surface area contributed by atoms with E-state index in [4.69, 9.17) is 9.47 Å². The molecule has 0 radical (unpaired) electrons. The van der Waals surface area contributed by atoms with Gasteiger partial charge in [0.1, 0.15) is 12.6 Å². The van der Waals surface area contributed by atoms with E-state index in [0.717, 1.165) is 6.07 Å². The lowest BCUT2D eigenvalue weighted by atomic mass is 10.0. The molecule has 2 amide bonds. The van der Waals surface area contributed by atoms with Gasteiger partial charge in [-0.15, -0.1) is 0 Å². The lowest BCUT2D eigenvalue weighted by Crippen LogP contribution is -2.47. The van der Waals surface area contributed by atoms with Gasteiger partial charge >= 0.3 is 5.97 Å². The Morgan fingerprint density at radius 1 is 1.27 bits per heavy atom. The van der Waals surface area contributed by atoms with Crippen LogP contribution in [0.15, 0.2) is 18.2 Å². The molecule has 1 saturated heterocycles. The van der Waals surface area contributed by atoms with E-state index in [1.807, 2.05) is 0 Å². The van der Waals surface area contributed by atoms with Crippen LogP contribution in [-0.4, -0.2) is 55.1 Å². The summed E-state index contributed by atoms with van der Waals surface area (Å²) in [5.74, 6) is -3.39. The maximum Gasteiger partial charge on any atom is 0.328 e. The van der Waals surface area contributed by atoms with Gasteiger partial charge in [0.05, 0.1) is 6.61 Å². The van der Waals surface area contributed by atoms with Crippen LogP contribution in [0.5, 0.6) is 0 Å². The van der Waals surface area contributed by atoms with Gasteiger partial charge in [-0.25, -0.2) is 13.6 Å². The van der Waals surface area contributed by atoms with Crippen molar-refractivity contribution in [3.05, 3.63) is 35.4 Å². The average molecular weight is 426 g/mol. The number of likely N-dealkylation sites (tertiary alicyclic amines) is 1. The van der Waals surface area contributed by atoms with E-state index >= 15 is 0 Å². The van der Waals surface area contributed by atoms with Crippen LogP contribution in [0.25, 0.3) is 0 Å². The molecule has 0 unspecified atom stereocenters. The number of halogens is 2. The highest BCUT2D eigenvalue weighted by atomic mass is 19.2. The van der Waals surface area contributed by atoms with Crippen molar-refractivity contribution in [2.24, 2.45) is 5.92 Å². The first-order valence-electron chi connectivity index (χ1n) is 9.91. The molecule has 2 atom stereocenters. The summed E-state index contributed by atoms with van der Waals surface area (Å²) in [6.45, 7) is 3.77. The van der Waals surface area contributed by atoms with E-state index < -0.39 is 35.6 Å². The van der Waals surface area contributed by atoms with E-state index in [1.165, 1.54) is 24.1 Å². The van der Waals surface area contributed by atoms with Gasteiger partial charge in [0.25, 0.3) is 0 Å². The molecule has 0 saturated carbocycles. The summed E-state index contributed by atoms with van der Waals surface area (Å²) < 4.78 is 37.4. The highest BCUT2D eigenvalue weighted by Crippen LogP contribution is 2.25. The van der Waals surface area contributed by atoms with Crippen LogP contribution in [0.2, 0.25) is 0 Å². The predicted molar refractivity (Wildman–Crippen MR) is 104 cm³/mol. The Morgan fingerprint density at radius 3 is 2.67 bits per heavy atom. The molecule has 2 rings (SSSR count). The van der Waals surface area contributed by atoms with Crippen molar-refractivity contribution in [3.63, 3.8) is 0 Å². The van der Waals surface area contributed by atoms with Crippen molar-refractivity contribution in [3.8, 4) is 0 Å². The second-order valence-corrected chi connectivity index (χ2v) is 7.58. The minimum absolute atomic E-state index is 0.0444. The predicted octanol–water partition coefficient (Wildman–Crippen LogP) is 2.18. The minimum Gasteiger partial charge on any atom is -0.462 e. The van der Waals surface area contributed by atoms with Gasteiger partial charge < -0.3 is 19.7 Å². The quantitative estimate of drug-likeness (QED) is 0.458. The van der Waals surface area contributed by atoms with Crippen molar-refractivity contribution < 1.29 is 32.6 Å². The molecule has 0 spiro atoms. The average Bonchev–Trinajstić information content (AvgIpc) is 3.02. The Balaban J connectivity index is 2.00. The van der Waals surface area contributed by atoms with Gasteiger partial charge in [-0.2, -0.15) is 0 Å². The SMILES string of the molecule is COCCOC(=O)[C@@H](NC(=O)C[C@@H]1CCC(=O)N1Cc1cccc(F)c1F)C(C)C. The third kappa shape index (κ3) is 6.22. The second kappa shape index (κ2) is 11.0. The third-order valence-corrected chi connectivity index (χ3v) is 5.01. The topological polar surface area (TPSA) is 84.9 Å². The van der Waals surface area contributed by atoms with Crippen LogP contribution in [0.3, 0.4) is 0 Å². The molecule has 1 aromatic rings. The van der Waals surface area contributed by atoms with E-state index in [1.54, 1.807) is 13.8 Å². The van der Waals surface area contributed by atoms with Crippen molar-refractivity contribution in [1.29, 1.82) is 0 Å². The number of nitrogens with zero attached hydrogens (tertiary/aromatic N) is 1. The van der Waals surface area contributed by atoms with Crippen molar-refractivity contribution in [1.82, 2.24) is 10.2 Å². The van der Waals surface area contributed by atoms with Crippen molar-refractivity contribution >= 4 is 17.8 Å². The maximum absolute atomic E-state index is 14.0. The zero-order valence-corrected chi connectivity index (χ0v) is 17.5. The van der Waals surface area contributed by atoms with Gasteiger partial charge in [-0.05, 0) is 18.4 Å². The van der Waals surface area contributed by atoms with Crippen LogP contribution in [-0.2, 0) is 30.4 Å². The minimum atomic E-state index is -1.00. The van der Waals surface area contributed by atoms with Crippen LogP contribution < -0.4 is 5.32 Å². The highest BCUT2D eigenvalue weighted by molar-refractivity contribution is 5.86. The number of ether oxygens (including phenoxy) is 2. The van der Waals surface area contributed by atoms with Gasteiger partial charge in [0, 0.05) is 38.1 Å². The number of nitrogens with one attached hydrogen (secondary N) is 1. The summed E-state index contributed by atoms with van der Waals surface area (Å²) >= 11 is 0. The molecular weight excluding hydrogens is 398 g/mol. The summed E-state index contributed by atoms with van der Waals surface area (Å²) in [5.41, 5.74) is 0.0532. The van der Waals surface area contributed by atoms with Crippen molar-refractivity contribution in [2.45, 2.75) is 51.7 Å². The lowest BCUT2D eigenvalue weighted by molar-refractivity contribution is -0.150. The zero-order valence-electron chi connectivity index (χ0n) is 17.5. The van der Waals surface area contributed by atoms with Gasteiger partial charge in [-0.1, -0.05) is 26.0 Å². The molecule has 1 aromatic carbocycles. The monoisotopic (exact) mass is 426 g/mol. The van der Waals surface area contributed by atoms with Gasteiger partial charge in [0.2, 0.25) is 11.8 Å². The molecule has 0 aliphatic carbocycles. The summed E-state index contributed by atoms with van der Waals surface area (Å²) in [5, 5.41) is 2.66. The van der Waals surface area contributed by atoms with E-state index in [9.17, 15) is 23.2 Å². The first-order chi connectivity index (χ1) is 14.2. The zero-order chi connectivity index (χ0) is 22.3. The number of hydrogen-bond acceptors (Lipinski definition) is 5. The molecule has 1 heterocycles. The van der Waals surface area contributed by atoms with Crippen LogP contribution in [0.4, 0.5) is 8.78 Å². The summed E-state index contributed by atoms with van der Waals surface area (Å²) in [4.78, 5) is 38.4. The first kappa shape index (κ1) is 23.7. The molecule has 0 aromatic heterocycles. The Morgan fingerprint density at radius 2 is 2.00 bits per heavy atom. The fourth-order valence-electron chi connectivity index (χ4n) is 3.34. The Bertz CT molecular complexity index is 772. The van der Waals surface area contributed by atoms with Gasteiger partial charge in [-0.3, -0.25) is 9.59 Å². The normalized spacial score (nSPS) is 17.3. The summed E-state index contributed by atoms with van der Waals surface area (Å²) in [7, 11) is 1.49. The lowest BCUT2D eigenvalue weighted by Gasteiger charge is -2.26. The fourth-order valence-corrected chi connectivity index (χ4v) is 3.34. The molecular formula is C21H28F2N2O5. The molecule has 1 aliphatic heterocycles. The smallest absolute Gasteiger partial charge is 0.328 e. The second-order valence-electron chi connectivity index (χ2n) is 7.58. The molecule has 9 heteroatoms. The van der Waals surface area contributed by atoms with Gasteiger partial charge in [0.15, 0.2) is 11.6 Å². The van der Waals surface area contributed by atoms with E-state index in [0.29, 0.717) is 6.42 Å². The number of carbonyl (C=O) groups is 3. The molecule has 166 valence electrons. The Hall–Kier alpha value is -2.55. The number of hydrogen-bond donors (Lipinski definition) is 1. The standard InChI is InChI=1S/C21H28F2N2O5/c1-13(2)20(21(28)30-10-9-29-3)24-17(26)11-15-7-8-18(27)25(15)12-14-5-4-6-16(22)19(14)23/h4-6,13,15,20H,7-12H2,1-3H3,(H,24,26)/t15-,20-/m0/s1. The third-order valence-electron chi connectivity index (χ3n) is 5.01. The number of esters is 1. The molecule has 1 aliphatic rings. The summed E-state index contributed by atoms with van der Waals surface area (Å²) in [6, 6.07) is 2.50. The van der Waals surface area contributed by atoms with Crippen LogP contribution in [0, 0.1) is 17.6 Å². The largest absolute Gasteiger partial charge is 0.462 e. The van der Waals surface area contributed by atoms with Crippen molar-refractivity contribution in [2.75, 3.05) is 20.3 Å². The maximum atomic E-state index is 14.0. The van der Waals surface area contributed by atoms with E-state index in [2.05, 4.69) is 5.32 Å². The molecule has 1 fully saturated rings. The number of benzene rings is 1.